The van der Waals surface area contributed by atoms with Gasteiger partial charge in [0.25, 0.3) is 5.69 Å². The molecule has 29 heavy (non-hydrogen) atoms. The number of nitrogens with zero attached hydrogens (tertiary/aromatic N) is 3. The predicted molar refractivity (Wildman–Crippen MR) is 108 cm³/mol. The summed E-state index contributed by atoms with van der Waals surface area (Å²) < 4.78 is 14.1. The number of amides is 1. The highest BCUT2D eigenvalue weighted by Crippen LogP contribution is 2.34. The Morgan fingerprint density at radius 1 is 1.07 bits per heavy atom. The van der Waals surface area contributed by atoms with Crippen molar-refractivity contribution in [3.63, 3.8) is 0 Å². The van der Waals surface area contributed by atoms with Crippen LogP contribution in [-0.2, 0) is 11.3 Å². The molecule has 0 bridgehead atoms. The molecule has 0 spiro atoms. The number of hydrogen-bond acceptors (Lipinski definition) is 4. The lowest BCUT2D eigenvalue weighted by Crippen LogP contribution is -2.43. The van der Waals surface area contributed by atoms with Gasteiger partial charge in [-0.25, -0.2) is 4.39 Å². The molecule has 2 fully saturated rings. The van der Waals surface area contributed by atoms with E-state index in [1.807, 2.05) is 9.80 Å². The van der Waals surface area contributed by atoms with E-state index in [2.05, 4.69) is 0 Å². The van der Waals surface area contributed by atoms with E-state index in [4.69, 9.17) is 0 Å². The minimum absolute atomic E-state index is 0.0814. The van der Waals surface area contributed by atoms with E-state index in [0.717, 1.165) is 12.8 Å². The maximum absolute atomic E-state index is 14.1. The molecule has 2 aromatic rings. The van der Waals surface area contributed by atoms with Crippen LogP contribution in [-0.4, -0.2) is 34.9 Å². The molecular weight excluding hydrogens is 373 g/mol. The molecule has 4 rings (SSSR count). The van der Waals surface area contributed by atoms with Crippen LogP contribution in [0.1, 0.15) is 31.2 Å². The van der Waals surface area contributed by atoms with Gasteiger partial charge in [-0.1, -0.05) is 30.3 Å². The third-order valence-electron chi connectivity index (χ3n) is 5.83. The number of piperidine rings is 1. The van der Waals surface area contributed by atoms with Gasteiger partial charge in [-0.05, 0) is 37.8 Å². The van der Waals surface area contributed by atoms with Crippen LogP contribution in [0.4, 0.5) is 15.8 Å². The van der Waals surface area contributed by atoms with Crippen LogP contribution in [0.15, 0.2) is 48.5 Å². The minimum Gasteiger partial charge on any atom is -0.366 e. The molecule has 2 aliphatic rings. The van der Waals surface area contributed by atoms with Crippen molar-refractivity contribution in [3.05, 3.63) is 70.0 Å². The molecule has 1 amide bonds. The Hall–Kier alpha value is -2.96. The van der Waals surface area contributed by atoms with Gasteiger partial charge in [-0.3, -0.25) is 14.9 Å². The molecule has 0 N–H and O–H groups in total. The molecule has 1 saturated carbocycles. The van der Waals surface area contributed by atoms with E-state index in [1.54, 1.807) is 36.4 Å². The number of anilines is 1. The number of para-hydroxylation sites is 2. The molecule has 7 heteroatoms. The zero-order valence-corrected chi connectivity index (χ0v) is 16.2. The quantitative estimate of drug-likeness (QED) is 0.543. The first kappa shape index (κ1) is 19.4. The fourth-order valence-electron chi connectivity index (χ4n) is 4.07. The maximum Gasteiger partial charge on any atom is 0.292 e. The van der Waals surface area contributed by atoms with Crippen molar-refractivity contribution in [2.45, 2.75) is 38.3 Å². The number of nitro groups is 1. The van der Waals surface area contributed by atoms with Gasteiger partial charge in [0.15, 0.2) is 0 Å². The molecule has 1 aliphatic heterocycles. The molecule has 6 nitrogen and oxygen atoms in total. The number of nitro benzene ring substituents is 1. The molecule has 0 unspecified atom stereocenters. The van der Waals surface area contributed by atoms with E-state index in [0.29, 0.717) is 43.7 Å². The SMILES string of the molecule is O=C(C1CCN(c2ccccc2[N+](=O)[O-])CC1)N(Cc1ccccc1F)C1CC1. The van der Waals surface area contributed by atoms with Crippen molar-refractivity contribution in [1.29, 1.82) is 0 Å². The molecule has 1 heterocycles. The first-order chi connectivity index (χ1) is 14.0. The number of rotatable bonds is 6. The fraction of sp³-hybridized carbons (Fsp3) is 0.409. The van der Waals surface area contributed by atoms with E-state index < -0.39 is 0 Å². The normalized spacial score (nSPS) is 17.2. The summed E-state index contributed by atoms with van der Waals surface area (Å²) in [6, 6.07) is 13.5. The van der Waals surface area contributed by atoms with Crippen molar-refractivity contribution in [2.75, 3.05) is 18.0 Å². The van der Waals surface area contributed by atoms with Gasteiger partial charge in [-0.2, -0.15) is 0 Å². The van der Waals surface area contributed by atoms with Crippen LogP contribution >= 0.6 is 0 Å². The first-order valence-corrected chi connectivity index (χ1v) is 10.1. The number of halogens is 1. The van der Waals surface area contributed by atoms with E-state index in [-0.39, 0.29) is 34.3 Å². The Morgan fingerprint density at radius 3 is 2.38 bits per heavy atom. The lowest BCUT2D eigenvalue weighted by atomic mass is 9.94. The average Bonchev–Trinajstić information content (AvgIpc) is 3.58. The highest BCUT2D eigenvalue weighted by Gasteiger charge is 2.37. The van der Waals surface area contributed by atoms with Crippen LogP contribution in [0.2, 0.25) is 0 Å². The number of hydrogen-bond donors (Lipinski definition) is 0. The summed E-state index contributed by atoms with van der Waals surface area (Å²) in [5.41, 5.74) is 1.25. The molecule has 1 saturated heterocycles. The van der Waals surface area contributed by atoms with Crippen LogP contribution in [0.5, 0.6) is 0 Å². The lowest BCUT2D eigenvalue weighted by molar-refractivity contribution is -0.384. The van der Waals surface area contributed by atoms with Crippen LogP contribution in [0.25, 0.3) is 0 Å². The van der Waals surface area contributed by atoms with Crippen LogP contribution in [0, 0.1) is 21.8 Å². The second kappa shape index (κ2) is 8.19. The van der Waals surface area contributed by atoms with Gasteiger partial charge in [0.1, 0.15) is 11.5 Å². The Morgan fingerprint density at radius 2 is 1.72 bits per heavy atom. The molecular formula is C22H24FN3O3. The molecule has 2 aromatic carbocycles. The number of carbonyl (C=O) groups excluding carboxylic acids is 1. The van der Waals surface area contributed by atoms with Crippen LogP contribution < -0.4 is 4.90 Å². The van der Waals surface area contributed by atoms with Gasteiger partial charge in [0.05, 0.1) is 4.92 Å². The molecule has 0 radical (unpaired) electrons. The third kappa shape index (κ3) is 4.23. The average molecular weight is 397 g/mol. The van der Waals surface area contributed by atoms with Crippen molar-refractivity contribution in [1.82, 2.24) is 4.90 Å². The van der Waals surface area contributed by atoms with Gasteiger partial charge in [-0.15, -0.1) is 0 Å². The minimum atomic E-state index is -0.365. The Bertz CT molecular complexity index is 908. The first-order valence-electron chi connectivity index (χ1n) is 10.1. The van der Waals surface area contributed by atoms with Crippen molar-refractivity contribution in [3.8, 4) is 0 Å². The monoisotopic (exact) mass is 397 g/mol. The fourth-order valence-corrected chi connectivity index (χ4v) is 4.07. The standard InChI is InChI=1S/C22H24FN3O3/c23-19-6-2-1-5-17(19)15-25(18-9-10-18)22(27)16-11-13-24(14-12-16)20-7-3-4-8-21(20)26(28)29/h1-8,16,18H,9-15H2. The highest BCUT2D eigenvalue weighted by atomic mass is 19.1. The lowest BCUT2D eigenvalue weighted by Gasteiger charge is -2.35. The Labute approximate surface area is 169 Å². The van der Waals surface area contributed by atoms with Gasteiger partial charge in [0, 0.05) is 43.2 Å². The molecule has 152 valence electrons. The summed E-state index contributed by atoms with van der Waals surface area (Å²) in [5, 5.41) is 11.3. The van der Waals surface area contributed by atoms with Crippen molar-refractivity contribution in [2.24, 2.45) is 5.92 Å². The topological polar surface area (TPSA) is 66.7 Å². The summed E-state index contributed by atoms with van der Waals surface area (Å²) in [7, 11) is 0. The Balaban J connectivity index is 1.43. The summed E-state index contributed by atoms with van der Waals surface area (Å²) >= 11 is 0. The predicted octanol–water partition coefficient (Wildman–Crippen LogP) is 4.14. The summed E-state index contributed by atoms with van der Waals surface area (Å²) in [5.74, 6) is -0.323. The van der Waals surface area contributed by atoms with Crippen LogP contribution in [0.3, 0.4) is 0 Å². The number of carbonyl (C=O) groups is 1. The smallest absolute Gasteiger partial charge is 0.292 e. The van der Waals surface area contributed by atoms with E-state index >= 15 is 0 Å². The van der Waals surface area contributed by atoms with E-state index in [1.165, 1.54) is 12.1 Å². The highest BCUT2D eigenvalue weighted by molar-refractivity contribution is 5.80. The molecule has 1 aliphatic carbocycles. The second-order valence-electron chi connectivity index (χ2n) is 7.80. The third-order valence-corrected chi connectivity index (χ3v) is 5.83. The van der Waals surface area contributed by atoms with Crippen molar-refractivity contribution >= 4 is 17.3 Å². The number of benzene rings is 2. The zero-order chi connectivity index (χ0) is 20.4. The molecule has 0 aromatic heterocycles. The second-order valence-corrected chi connectivity index (χ2v) is 7.80. The van der Waals surface area contributed by atoms with E-state index in [9.17, 15) is 19.3 Å². The summed E-state index contributed by atoms with van der Waals surface area (Å²) in [6.07, 6.45) is 3.22. The van der Waals surface area contributed by atoms with Crippen molar-refractivity contribution < 1.29 is 14.1 Å². The molecule has 0 atom stereocenters. The largest absolute Gasteiger partial charge is 0.366 e. The Kier molecular flexibility index (Phi) is 5.47. The summed E-state index contributed by atoms with van der Waals surface area (Å²) in [4.78, 5) is 27.9. The zero-order valence-electron chi connectivity index (χ0n) is 16.2. The maximum atomic E-state index is 14.1. The van der Waals surface area contributed by atoms with Gasteiger partial charge >= 0.3 is 0 Å². The van der Waals surface area contributed by atoms with Gasteiger partial charge < -0.3 is 9.80 Å². The summed E-state index contributed by atoms with van der Waals surface area (Å²) in [6.45, 7) is 1.50. The van der Waals surface area contributed by atoms with Gasteiger partial charge in [0.2, 0.25) is 5.91 Å².